The molecule has 0 heterocycles. The highest BCUT2D eigenvalue weighted by Crippen LogP contribution is 2.11. The maximum Gasteiger partial charge on any atom is 0.248 e. The average molecular weight is 203 g/mol. The molecule has 0 aliphatic carbocycles. The molecule has 0 aromatic carbocycles. The van der Waals surface area contributed by atoms with Gasteiger partial charge in [0.15, 0.2) is 0 Å². The Balaban J connectivity index is 4.03. The molecule has 0 fully saturated rings. The third-order valence-electron chi connectivity index (χ3n) is 1.91. The normalized spacial score (nSPS) is 13.4. The van der Waals surface area contributed by atoms with Gasteiger partial charge in [-0.3, -0.25) is 9.59 Å². The Hall–Kier alpha value is -1.14. The third-order valence-corrected chi connectivity index (χ3v) is 1.91. The molecule has 0 spiro atoms. The molecule has 0 radical (unpaired) electrons. The van der Waals surface area contributed by atoms with Crippen molar-refractivity contribution in [3.63, 3.8) is 0 Å². The minimum absolute atomic E-state index is 0.183. The summed E-state index contributed by atoms with van der Waals surface area (Å²) in [5.41, 5.74) is 9.45. The highest BCUT2D eigenvalue weighted by atomic mass is 16.3. The number of primary amides is 1. The Morgan fingerprint density at radius 1 is 1.50 bits per heavy atom. The molecule has 1 unspecified atom stereocenters. The molecule has 82 valence electrons. The van der Waals surface area contributed by atoms with Crippen LogP contribution in [0.2, 0.25) is 0 Å². The van der Waals surface area contributed by atoms with Crippen LogP contribution in [0.3, 0.4) is 0 Å². The van der Waals surface area contributed by atoms with Crippen LogP contribution in [0.15, 0.2) is 0 Å². The quantitative estimate of drug-likeness (QED) is 0.410. The molecule has 0 bridgehead atoms. The standard InChI is InChI=1S/C8H17N3O3/c1-8(2,4-9)7(14)11-3-5(12)6(10)13/h5,12H,3-4,9H2,1-2H3,(H2,10,13)(H,11,14). The van der Waals surface area contributed by atoms with E-state index in [0.717, 1.165) is 0 Å². The number of amides is 2. The van der Waals surface area contributed by atoms with Crippen molar-refractivity contribution in [3.05, 3.63) is 0 Å². The molecule has 0 aromatic rings. The number of rotatable bonds is 5. The lowest BCUT2D eigenvalue weighted by molar-refractivity contribution is -0.130. The Kier molecular flexibility index (Phi) is 4.52. The number of aliphatic hydroxyl groups is 1. The predicted molar refractivity (Wildman–Crippen MR) is 51.0 cm³/mol. The molecule has 6 heteroatoms. The van der Waals surface area contributed by atoms with Gasteiger partial charge in [-0.05, 0) is 13.8 Å². The van der Waals surface area contributed by atoms with Gasteiger partial charge in [0, 0.05) is 6.54 Å². The SMILES string of the molecule is CC(C)(CN)C(=O)NCC(O)C(N)=O. The fourth-order valence-corrected chi connectivity index (χ4v) is 0.622. The van der Waals surface area contributed by atoms with Gasteiger partial charge in [-0.25, -0.2) is 0 Å². The summed E-state index contributed by atoms with van der Waals surface area (Å²) < 4.78 is 0. The number of nitrogens with two attached hydrogens (primary N) is 2. The fourth-order valence-electron chi connectivity index (χ4n) is 0.622. The van der Waals surface area contributed by atoms with Crippen molar-refractivity contribution in [2.75, 3.05) is 13.1 Å². The van der Waals surface area contributed by atoms with Gasteiger partial charge in [0.2, 0.25) is 11.8 Å². The summed E-state index contributed by atoms with van der Waals surface area (Å²) >= 11 is 0. The number of carbonyl (C=O) groups excluding carboxylic acids is 2. The van der Waals surface area contributed by atoms with Crippen molar-refractivity contribution in [3.8, 4) is 0 Å². The second kappa shape index (κ2) is 4.92. The second-order valence-electron chi connectivity index (χ2n) is 3.72. The summed E-state index contributed by atoms with van der Waals surface area (Å²) in [7, 11) is 0. The highest BCUT2D eigenvalue weighted by Gasteiger charge is 2.26. The summed E-state index contributed by atoms with van der Waals surface area (Å²) in [6.07, 6.45) is -1.35. The monoisotopic (exact) mass is 203 g/mol. The lowest BCUT2D eigenvalue weighted by Crippen LogP contribution is -2.46. The smallest absolute Gasteiger partial charge is 0.248 e. The molecule has 0 saturated carbocycles. The molecular formula is C8H17N3O3. The van der Waals surface area contributed by atoms with Crippen molar-refractivity contribution < 1.29 is 14.7 Å². The van der Waals surface area contributed by atoms with Crippen LogP contribution in [-0.2, 0) is 9.59 Å². The zero-order valence-electron chi connectivity index (χ0n) is 8.41. The molecule has 14 heavy (non-hydrogen) atoms. The van der Waals surface area contributed by atoms with Gasteiger partial charge in [-0.2, -0.15) is 0 Å². The van der Waals surface area contributed by atoms with E-state index < -0.39 is 17.4 Å². The van der Waals surface area contributed by atoms with Crippen LogP contribution in [0.25, 0.3) is 0 Å². The maximum atomic E-state index is 11.4. The highest BCUT2D eigenvalue weighted by molar-refractivity contribution is 5.83. The molecule has 0 aromatic heterocycles. The zero-order valence-corrected chi connectivity index (χ0v) is 8.41. The minimum atomic E-state index is -1.35. The van der Waals surface area contributed by atoms with Gasteiger partial charge in [-0.1, -0.05) is 0 Å². The molecule has 1 atom stereocenters. The molecular weight excluding hydrogens is 186 g/mol. The van der Waals surface area contributed by atoms with Crippen molar-refractivity contribution in [2.24, 2.45) is 16.9 Å². The predicted octanol–water partition coefficient (Wildman–Crippen LogP) is -2.07. The summed E-state index contributed by atoms with van der Waals surface area (Å²) in [5, 5.41) is 11.4. The Morgan fingerprint density at radius 3 is 2.36 bits per heavy atom. The molecule has 2 amide bonds. The number of hydrogen-bond donors (Lipinski definition) is 4. The molecule has 6 nitrogen and oxygen atoms in total. The van der Waals surface area contributed by atoms with E-state index in [9.17, 15) is 9.59 Å². The second-order valence-corrected chi connectivity index (χ2v) is 3.72. The number of nitrogens with one attached hydrogen (secondary N) is 1. The number of aliphatic hydroxyl groups excluding tert-OH is 1. The van der Waals surface area contributed by atoms with Gasteiger partial charge in [0.25, 0.3) is 0 Å². The van der Waals surface area contributed by atoms with Crippen molar-refractivity contribution in [2.45, 2.75) is 20.0 Å². The molecule has 6 N–H and O–H groups in total. The zero-order chi connectivity index (χ0) is 11.4. The van der Waals surface area contributed by atoms with E-state index in [-0.39, 0.29) is 19.0 Å². The third kappa shape index (κ3) is 3.71. The van der Waals surface area contributed by atoms with Crippen LogP contribution in [0.4, 0.5) is 0 Å². The summed E-state index contributed by atoms with van der Waals surface area (Å²) in [4.78, 5) is 21.8. The van der Waals surface area contributed by atoms with E-state index in [1.54, 1.807) is 13.8 Å². The van der Waals surface area contributed by atoms with Crippen LogP contribution < -0.4 is 16.8 Å². The van der Waals surface area contributed by atoms with E-state index >= 15 is 0 Å². The average Bonchev–Trinajstić information content (AvgIpc) is 2.13. The summed E-state index contributed by atoms with van der Waals surface area (Å²) in [5.74, 6) is -1.18. The Bertz CT molecular complexity index is 228. The maximum absolute atomic E-state index is 11.4. The number of hydrogen-bond acceptors (Lipinski definition) is 4. The van der Waals surface area contributed by atoms with Gasteiger partial charge >= 0.3 is 0 Å². The van der Waals surface area contributed by atoms with E-state index in [1.807, 2.05) is 0 Å². The minimum Gasteiger partial charge on any atom is -0.381 e. The fraction of sp³-hybridized carbons (Fsp3) is 0.750. The molecule has 0 aliphatic heterocycles. The summed E-state index contributed by atoms with van der Waals surface area (Å²) in [6, 6.07) is 0. The van der Waals surface area contributed by atoms with Crippen molar-refractivity contribution in [1.82, 2.24) is 5.32 Å². The van der Waals surface area contributed by atoms with Gasteiger partial charge < -0.3 is 21.9 Å². The largest absolute Gasteiger partial charge is 0.381 e. The summed E-state index contributed by atoms with van der Waals surface area (Å²) in [6.45, 7) is 3.33. The van der Waals surface area contributed by atoms with Gasteiger partial charge in [0.05, 0.1) is 12.0 Å². The first kappa shape index (κ1) is 12.9. The van der Waals surface area contributed by atoms with Crippen molar-refractivity contribution in [1.29, 1.82) is 0 Å². The van der Waals surface area contributed by atoms with E-state index in [2.05, 4.69) is 5.32 Å². The van der Waals surface area contributed by atoms with Gasteiger partial charge in [0.1, 0.15) is 6.10 Å². The first-order chi connectivity index (χ1) is 6.31. The lowest BCUT2D eigenvalue weighted by atomic mass is 9.93. The molecule has 0 rings (SSSR count). The van der Waals surface area contributed by atoms with Crippen LogP contribution in [0.1, 0.15) is 13.8 Å². The Labute approximate surface area is 82.6 Å². The number of carbonyl (C=O) groups is 2. The molecule has 0 saturated heterocycles. The first-order valence-electron chi connectivity index (χ1n) is 4.27. The van der Waals surface area contributed by atoms with Crippen LogP contribution in [-0.4, -0.2) is 36.1 Å². The van der Waals surface area contributed by atoms with Gasteiger partial charge in [-0.15, -0.1) is 0 Å². The topological polar surface area (TPSA) is 118 Å². The first-order valence-corrected chi connectivity index (χ1v) is 4.27. The lowest BCUT2D eigenvalue weighted by Gasteiger charge is -2.21. The van der Waals surface area contributed by atoms with Crippen LogP contribution in [0, 0.1) is 5.41 Å². The molecule has 0 aliphatic rings. The van der Waals surface area contributed by atoms with E-state index in [0.29, 0.717) is 0 Å². The van der Waals surface area contributed by atoms with Crippen LogP contribution >= 0.6 is 0 Å². The van der Waals surface area contributed by atoms with Crippen molar-refractivity contribution >= 4 is 11.8 Å². The van der Waals surface area contributed by atoms with E-state index in [1.165, 1.54) is 0 Å². The van der Waals surface area contributed by atoms with E-state index in [4.69, 9.17) is 16.6 Å². The van der Waals surface area contributed by atoms with Crippen LogP contribution in [0.5, 0.6) is 0 Å². The Morgan fingerprint density at radius 2 is 2.00 bits per heavy atom.